The number of hydrogen-bond donors (Lipinski definition) is 2. The highest BCUT2D eigenvalue weighted by molar-refractivity contribution is 6.88. The van der Waals surface area contributed by atoms with Crippen molar-refractivity contribution in [3.05, 3.63) is 54.1 Å². The third-order valence-electron chi connectivity index (χ3n) is 5.85. The number of rotatable bonds is 8. The number of benzene rings is 2. The van der Waals surface area contributed by atoms with Crippen LogP contribution in [0.3, 0.4) is 0 Å². The second kappa shape index (κ2) is 10.8. The van der Waals surface area contributed by atoms with Crippen molar-refractivity contribution in [2.45, 2.75) is 44.9 Å². The van der Waals surface area contributed by atoms with Crippen LogP contribution in [0.25, 0.3) is 0 Å². The molecule has 32 heavy (non-hydrogen) atoms. The van der Waals surface area contributed by atoms with Gasteiger partial charge in [0.1, 0.15) is 11.8 Å². The lowest BCUT2D eigenvalue weighted by atomic mass is 10.1. The van der Waals surface area contributed by atoms with Crippen molar-refractivity contribution < 1.29 is 14.3 Å². The Hall–Kier alpha value is -2.64. The topological polar surface area (TPSA) is 70.7 Å². The quantitative estimate of drug-likeness (QED) is 0.600. The molecule has 2 aromatic rings. The van der Waals surface area contributed by atoms with Gasteiger partial charge in [-0.25, -0.2) is 0 Å². The van der Waals surface area contributed by atoms with Crippen molar-refractivity contribution in [2.24, 2.45) is 0 Å². The molecule has 1 fully saturated rings. The van der Waals surface area contributed by atoms with E-state index >= 15 is 0 Å². The first-order valence-corrected chi connectivity index (χ1v) is 14.8. The fourth-order valence-corrected chi connectivity index (χ4v) is 5.06. The molecule has 1 aliphatic heterocycles. The molecule has 0 bridgehead atoms. The number of likely N-dealkylation sites (tertiary alicyclic amines) is 1. The molecule has 2 amide bonds. The lowest BCUT2D eigenvalue weighted by Crippen LogP contribution is -2.44. The Morgan fingerprint density at radius 2 is 1.59 bits per heavy atom. The molecule has 7 heteroatoms. The van der Waals surface area contributed by atoms with E-state index in [1.807, 2.05) is 24.3 Å². The van der Waals surface area contributed by atoms with Gasteiger partial charge in [0.2, 0.25) is 5.91 Å². The molecule has 1 atom stereocenters. The summed E-state index contributed by atoms with van der Waals surface area (Å²) >= 11 is 0. The van der Waals surface area contributed by atoms with Gasteiger partial charge in [-0.2, -0.15) is 0 Å². The van der Waals surface area contributed by atoms with Crippen LogP contribution in [0.2, 0.25) is 19.6 Å². The summed E-state index contributed by atoms with van der Waals surface area (Å²) < 4.78 is 5.23. The molecule has 172 valence electrons. The second-order valence-electron chi connectivity index (χ2n) is 9.43. The summed E-state index contributed by atoms with van der Waals surface area (Å²) in [5, 5.41) is 7.25. The van der Waals surface area contributed by atoms with Crippen molar-refractivity contribution in [1.82, 2.24) is 10.2 Å². The molecule has 1 heterocycles. The maximum atomic E-state index is 13.2. The predicted molar refractivity (Wildman–Crippen MR) is 132 cm³/mol. The van der Waals surface area contributed by atoms with E-state index in [0.717, 1.165) is 31.6 Å². The number of carbonyl (C=O) groups is 2. The molecular weight excluding hydrogens is 418 g/mol. The van der Waals surface area contributed by atoms with Crippen LogP contribution in [-0.4, -0.2) is 51.5 Å². The van der Waals surface area contributed by atoms with Crippen LogP contribution in [0, 0.1) is 0 Å². The van der Waals surface area contributed by atoms with Crippen molar-refractivity contribution in [3.63, 3.8) is 0 Å². The average Bonchev–Trinajstić information content (AvgIpc) is 2.78. The van der Waals surface area contributed by atoms with Crippen LogP contribution < -0.4 is 20.6 Å². The number of ether oxygens (including phenoxy) is 1. The first kappa shape index (κ1) is 24.0. The van der Waals surface area contributed by atoms with Gasteiger partial charge in [0.25, 0.3) is 5.91 Å². The fraction of sp³-hybridized carbons (Fsp3) is 0.440. The highest BCUT2D eigenvalue weighted by atomic mass is 28.3. The molecule has 3 rings (SSSR count). The molecular formula is C25H35N3O3Si. The molecule has 0 saturated carbocycles. The first-order chi connectivity index (χ1) is 15.3. The molecule has 1 unspecified atom stereocenters. The summed E-state index contributed by atoms with van der Waals surface area (Å²) in [6.45, 7) is 9.03. The average molecular weight is 454 g/mol. The van der Waals surface area contributed by atoms with Gasteiger partial charge in [-0.05, 0) is 55.8 Å². The van der Waals surface area contributed by atoms with Gasteiger partial charge in [-0.3, -0.25) is 14.5 Å². The lowest BCUT2D eigenvalue weighted by molar-refractivity contribution is -0.127. The van der Waals surface area contributed by atoms with E-state index in [1.165, 1.54) is 11.6 Å². The van der Waals surface area contributed by atoms with Gasteiger partial charge in [0.05, 0.1) is 21.7 Å². The van der Waals surface area contributed by atoms with E-state index in [9.17, 15) is 9.59 Å². The zero-order chi connectivity index (χ0) is 23.1. The Bertz CT molecular complexity index is 902. The van der Waals surface area contributed by atoms with Crippen LogP contribution in [-0.2, 0) is 9.59 Å². The Kier molecular flexibility index (Phi) is 8.09. The van der Waals surface area contributed by atoms with E-state index in [-0.39, 0.29) is 11.8 Å². The van der Waals surface area contributed by atoms with E-state index in [4.69, 9.17) is 4.74 Å². The standard InChI is InChI=1S/C25H35N3O3Si/c1-31-21-12-8-19(9-13-21)24(27-23(29)18-28-16-6-5-7-17-28)25(30)26-20-10-14-22(15-11-20)32(2,3)4/h8-15,24H,5-7,16-18H2,1-4H3,(H,26,30)(H,27,29). The summed E-state index contributed by atoms with van der Waals surface area (Å²) in [6.07, 6.45) is 3.44. The number of carbonyl (C=O) groups excluding carboxylic acids is 2. The third-order valence-corrected chi connectivity index (χ3v) is 7.92. The molecule has 0 aliphatic carbocycles. The summed E-state index contributed by atoms with van der Waals surface area (Å²) in [4.78, 5) is 28.1. The van der Waals surface area contributed by atoms with Crippen molar-refractivity contribution >= 4 is 30.8 Å². The Labute approximate surface area is 192 Å². The van der Waals surface area contributed by atoms with Crippen molar-refractivity contribution in [1.29, 1.82) is 0 Å². The largest absolute Gasteiger partial charge is 0.497 e. The summed E-state index contributed by atoms with van der Waals surface area (Å²) in [7, 11) is 0.192. The van der Waals surface area contributed by atoms with Gasteiger partial charge >= 0.3 is 0 Å². The summed E-state index contributed by atoms with van der Waals surface area (Å²) in [5.41, 5.74) is 1.44. The van der Waals surface area contributed by atoms with Gasteiger partial charge in [-0.15, -0.1) is 0 Å². The minimum atomic E-state index is -1.41. The van der Waals surface area contributed by atoms with Crippen LogP contribution in [0.1, 0.15) is 30.9 Å². The highest BCUT2D eigenvalue weighted by Gasteiger charge is 2.25. The summed E-state index contributed by atoms with van der Waals surface area (Å²) in [5.74, 6) is 0.300. The monoisotopic (exact) mass is 453 g/mol. The molecule has 1 saturated heterocycles. The number of nitrogens with zero attached hydrogens (tertiary/aromatic N) is 1. The van der Waals surface area contributed by atoms with Crippen LogP contribution in [0.5, 0.6) is 5.75 Å². The predicted octanol–water partition coefficient (Wildman–Crippen LogP) is 3.52. The number of methoxy groups -OCH3 is 1. The number of amides is 2. The molecule has 1 aliphatic rings. The SMILES string of the molecule is COc1ccc(C(NC(=O)CN2CCCCC2)C(=O)Nc2ccc([Si](C)(C)C)cc2)cc1. The number of anilines is 1. The Morgan fingerprint density at radius 1 is 0.969 bits per heavy atom. The molecule has 2 N–H and O–H groups in total. The smallest absolute Gasteiger partial charge is 0.251 e. The highest BCUT2D eigenvalue weighted by Crippen LogP contribution is 2.20. The van der Waals surface area contributed by atoms with Crippen LogP contribution in [0.15, 0.2) is 48.5 Å². The zero-order valence-corrected chi connectivity index (χ0v) is 20.6. The summed E-state index contributed by atoms with van der Waals surface area (Å²) in [6, 6.07) is 14.5. The maximum Gasteiger partial charge on any atom is 0.251 e. The van der Waals surface area contributed by atoms with Gasteiger partial charge in [0.15, 0.2) is 0 Å². The van der Waals surface area contributed by atoms with Crippen molar-refractivity contribution in [2.75, 3.05) is 32.1 Å². The normalized spacial score (nSPS) is 15.6. The minimum absolute atomic E-state index is 0.142. The molecule has 0 aromatic heterocycles. The number of piperidine rings is 1. The van der Waals surface area contributed by atoms with E-state index < -0.39 is 14.1 Å². The first-order valence-electron chi connectivity index (χ1n) is 11.3. The zero-order valence-electron chi connectivity index (χ0n) is 19.6. The van der Waals surface area contributed by atoms with Gasteiger partial charge in [-0.1, -0.05) is 55.5 Å². The molecule has 0 radical (unpaired) electrons. The molecule has 0 spiro atoms. The van der Waals surface area contributed by atoms with Crippen LogP contribution in [0.4, 0.5) is 5.69 Å². The maximum absolute atomic E-state index is 13.2. The Balaban J connectivity index is 1.74. The fourth-order valence-electron chi connectivity index (χ4n) is 3.89. The van der Waals surface area contributed by atoms with E-state index in [2.05, 4.69) is 47.3 Å². The minimum Gasteiger partial charge on any atom is -0.497 e. The van der Waals surface area contributed by atoms with Gasteiger partial charge in [0, 0.05) is 5.69 Å². The van der Waals surface area contributed by atoms with E-state index in [1.54, 1.807) is 19.2 Å². The number of nitrogens with one attached hydrogen (secondary N) is 2. The molecule has 6 nitrogen and oxygen atoms in total. The Morgan fingerprint density at radius 3 is 2.16 bits per heavy atom. The van der Waals surface area contributed by atoms with Gasteiger partial charge < -0.3 is 15.4 Å². The van der Waals surface area contributed by atoms with Crippen LogP contribution >= 0.6 is 0 Å². The third kappa shape index (κ3) is 6.68. The lowest BCUT2D eigenvalue weighted by Gasteiger charge is -2.27. The van der Waals surface area contributed by atoms with Crippen molar-refractivity contribution in [3.8, 4) is 5.75 Å². The van der Waals surface area contributed by atoms with E-state index in [0.29, 0.717) is 17.9 Å². The second-order valence-corrected chi connectivity index (χ2v) is 14.5. The number of hydrogen-bond acceptors (Lipinski definition) is 4. The molecule has 2 aromatic carbocycles.